The van der Waals surface area contributed by atoms with Gasteiger partial charge in [-0.25, -0.2) is 9.00 Å². The second-order valence-corrected chi connectivity index (χ2v) is 4.54. The Labute approximate surface area is 121 Å². The van der Waals surface area contributed by atoms with Crippen LogP contribution in [0.15, 0.2) is 18.2 Å². The van der Waals surface area contributed by atoms with Crippen molar-refractivity contribution < 1.29 is 44.6 Å². The molecule has 1 aromatic carbocycles. The van der Waals surface area contributed by atoms with Gasteiger partial charge >= 0.3 is 18.4 Å². The molecule has 0 saturated heterocycles. The maximum Gasteiger partial charge on any atom is 0.498 e. The summed E-state index contributed by atoms with van der Waals surface area (Å²) in [4.78, 5) is 11.4. The quantitative estimate of drug-likeness (QED) is 0.394. The highest BCUT2D eigenvalue weighted by molar-refractivity contribution is 7.80. The van der Waals surface area contributed by atoms with Crippen LogP contribution < -0.4 is 4.31 Å². The molecule has 0 aliphatic rings. The topological polar surface area (TPSA) is 66.8 Å². The van der Waals surface area contributed by atoms with Crippen LogP contribution in [0, 0.1) is 0 Å². The van der Waals surface area contributed by atoms with E-state index in [1.807, 2.05) is 0 Å². The van der Waals surface area contributed by atoms with Crippen LogP contribution in [0.5, 0.6) is 0 Å². The molecular weight excluding hydrogens is 344 g/mol. The number of hydrogen-bond acceptors (Lipinski definition) is 3. The number of carbonyl (C=O) groups excluding carboxylic acids is 1. The first-order chi connectivity index (χ1) is 9.89. The SMILES string of the molecule is COC(=O)c1ccc(C(F)(F)F)cc1N(S(=O)O)C(F)(F)F. The smallest absolute Gasteiger partial charge is 0.465 e. The zero-order valence-corrected chi connectivity index (χ0v) is 11.3. The van der Waals surface area contributed by atoms with E-state index in [1.54, 1.807) is 0 Å². The fraction of sp³-hybridized carbons (Fsp3) is 0.300. The van der Waals surface area contributed by atoms with E-state index in [1.165, 1.54) is 0 Å². The summed E-state index contributed by atoms with van der Waals surface area (Å²) in [7, 11) is 0.789. The second kappa shape index (κ2) is 6.12. The van der Waals surface area contributed by atoms with Gasteiger partial charge in [-0.1, -0.05) is 0 Å². The Morgan fingerprint density at radius 2 is 1.77 bits per heavy atom. The minimum absolute atomic E-state index is 0.0616. The van der Waals surface area contributed by atoms with Gasteiger partial charge in [0.2, 0.25) is 0 Å². The van der Waals surface area contributed by atoms with Crippen molar-refractivity contribution in [2.45, 2.75) is 12.5 Å². The van der Waals surface area contributed by atoms with Gasteiger partial charge in [-0.15, -0.1) is 13.2 Å². The normalized spacial score (nSPS) is 13.6. The van der Waals surface area contributed by atoms with Gasteiger partial charge < -0.3 is 4.74 Å². The third kappa shape index (κ3) is 3.88. The number of benzene rings is 1. The molecule has 1 N–H and O–H groups in total. The number of anilines is 1. The van der Waals surface area contributed by atoms with E-state index in [0.29, 0.717) is 12.1 Å². The van der Waals surface area contributed by atoms with Gasteiger partial charge in [0, 0.05) is 0 Å². The van der Waals surface area contributed by atoms with Gasteiger partial charge in [-0.2, -0.15) is 17.5 Å². The van der Waals surface area contributed by atoms with Crippen molar-refractivity contribution in [1.29, 1.82) is 0 Å². The molecule has 0 aliphatic heterocycles. The lowest BCUT2D eigenvalue weighted by atomic mass is 10.1. The van der Waals surface area contributed by atoms with E-state index in [2.05, 4.69) is 4.74 Å². The van der Waals surface area contributed by atoms with Crippen molar-refractivity contribution in [3.05, 3.63) is 29.3 Å². The fourth-order valence-electron chi connectivity index (χ4n) is 1.47. The van der Waals surface area contributed by atoms with E-state index in [-0.39, 0.29) is 6.07 Å². The molecule has 1 unspecified atom stereocenters. The first kappa shape index (κ1) is 18.2. The van der Waals surface area contributed by atoms with Crippen LogP contribution in [0.1, 0.15) is 15.9 Å². The molecule has 0 amide bonds. The molecule has 1 atom stereocenters. The highest BCUT2D eigenvalue weighted by Gasteiger charge is 2.44. The van der Waals surface area contributed by atoms with Crippen molar-refractivity contribution >= 4 is 22.9 Å². The summed E-state index contributed by atoms with van der Waals surface area (Å²) in [6.45, 7) is 0. The molecule has 1 aromatic rings. The molecule has 0 heterocycles. The number of esters is 1. The monoisotopic (exact) mass is 351 g/mol. The summed E-state index contributed by atoms with van der Waals surface area (Å²) in [5.41, 5.74) is -3.93. The molecule has 0 radical (unpaired) electrons. The lowest BCUT2D eigenvalue weighted by Gasteiger charge is -2.24. The molecule has 1 rings (SSSR count). The van der Waals surface area contributed by atoms with Gasteiger partial charge in [0.05, 0.1) is 23.9 Å². The molecule has 0 aromatic heterocycles. The molecule has 0 aliphatic carbocycles. The first-order valence-electron chi connectivity index (χ1n) is 5.17. The minimum Gasteiger partial charge on any atom is -0.465 e. The zero-order chi connectivity index (χ0) is 17.3. The van der Waals surface area contributed by atoms with Crippen LogP contribution in [-0.4, -0.2) is 28.1 Å². The van der Waals surface area contributed by atoms with Crippen LogP contribution in [0.25, 0.3) is 0 Å². The largest absolute Gasteiger partial charge is 0.498 e. The van der Waals surface area contributed by atoms with Crippen LogP contribution in [0.2, 0.25) is 0 Å². The van der Waals surface area contributed by atoms with Crippen molar-refractivity contribution in [2.75, 3.05) is 11.4 Å². The maximum atomic E-state index is 12.8. The molecule has 5 nitrogen and oxygen atoms in total. The number of halogens is 6. The zero-order valence-electron chi connectivity index (χ0n) is 10.5. The van der Waals surface area contributed by atoms with Crippen molar-refractivity contribution in [1.82, 2.24) is 0 Å². The number of nitrogens with zero attached hydrogens (tertiary/aromatic N) is 1. The average molecular weight is 351 g/mol. The van der Waals surface area contributed by atoms with Crippen LogP contribution in [0.3, 0.4) is 0 Å². The Balaban J connectivity index is 3.64. The molecule has 22 heavy (non-hydrogen) atoms. The molecule has 12 heteroatoms. The lowest BCUT2D eigenvalue weighted by Crippen LogP contribution is -2.40. The summed E-state index contributed by atoms with van der Waals surface area (Å²) in [6, 6.07) is 0.716. The predicted octanol–water partition coefficient (Wildman–Crippen LogP) is 2.95. The number of carbonyl (C=O) groups is 1. The van der Waals surface area contributed by atoms with Crippen molar-refractivity contribution in [3.63, 3.8) is 0 Å². The van der Waals surface area contributed by atoms with Crippen molar-refractivity contribution in [3.8, 4) is 0 Å². The Kier molecular flexibility index (Phi) is 5.07. The third-order valence-corrected chi connectivity index (χ3v) is 3.05. The summed E-state index contributed by atoms with van der Waals surface area (Å²) >= 11 is -3.75. The highest BCUT2D eigenvalue weighted by Crippen LogP contribution is 2.37. The standard InChI is InChI=1S/C10H7F6NO4S/c1-21-8(18)6-3-2-5(9(11,12)13)4-7(6)17(22(19)20)10(14,15)16/h2-4H,1H3,(H,19,20). The van der Waals surface area contributed by atoms with Gasteiger partial charge in [0.15, 0.2) is 0 Å². The van der Waals surface area contributed by atoms with Crippen LogP contribution >= 0.6 is 0 Å². The number of ether oxygens (including phenoxy) is 1. The van der Waals surface area contributed by atoms with Gasteiger partial charge in [-0.3, -0.25) is 4.55 Å². The Morgan fingerprint density at radius 3 is 2.14 bits per heavy atom. The van der Waals surface area contributed by atoms with E-state index in [9.17, 15) is 35.3 Å². The Morgan fingerprint density at radius 1 is 1.23 bits per heavy atom. The number of rotatable bonds is 3. The van der Waals surface area contributed by atoms with Gasteiger partial charge in [0.25, 0.3) is 11.3 Å². The second-order valence-electron chi connectivity index (χ2n) is 3.71. The summed E-state index contributed by atoms with van der Waals surface area (Å²) in [5, 5.41) is 0. The highest BCUT2D eigenvalue weighted by atomic mass is 32.2. The van der Waals surface area contributed by atoms with E-state index >= 15 is 0 Å². The molecule has 0 bridgehead atoms. The van der Waals surface area contributed by atoms with E-state index in [0.717, 1.165) is 7.11 Å². The first-order valence-corrected chi connectivity index (χ1v) is 6.23. The maximum absolute atomic E-state index is 12.8. The van der Waals surface area contributed by atoms with E-state index in [4.69, 9.17) is 4.55 Å². The molecule has 0 spiro atoms. The number of hydrogen-bond donors (Lipinski definition) is 1. The summed E-state index contributed by atoms with van der Waals surface area (Å²) in [5.74, 6) is -1.40. The Bertz CT molecular complexity index is 600. The molecule has 0 saturated carbocycles. The molecular formula is C10H7F6NO4S. The Hall–Kier alpha value is -1.82. The average Bonchev–Trinajstić information content (AvgIpc) is 2.34. The molecule has 124 valence electrons. The van der Waals surface area contributed by atoms with Crippen LogP contribution in [0.4, 0.5) is 32.0 Å². The third-order valence-electron chi connectivity index (χ3n) is 2.34. The van der Waals surface area contributed by atoms with Gasteiger partial charge in [-0.05, 0) is 18.2 Å². The fourth-order valence-corrected chi connectivity index (χ4v) is 1.96. The molecule has 0 fully saturated rings. The lowest BCUT2D eigenvalue weighted by molar-refractivity contribution is -0.138. The van der Waals surface area contributed by atoms with Gasteiger partial charge in [0.1, 0.15) is 0 Å². The van der Waals surface area contributed by atoms with Crippen LogP contribution in [-0.2, 0) is 22.2 Å². The minimum atomic E-state index is -5.51. The predicted molar refractivity (Wildman–Crippen MR) is 62.1 cm³/mol. The number of alkyl halides is 6. The summed E-state index contributed by atoms with van der Waals surface area (Å²) < 4.78 is 98.6. The van der Waals surface area contributed by atoms with Crippen molar-refractivity contribution in [2.24, 2.45) is 0 Å². The van der Waals surface area contributed by atoms with E-state index < -0.39 is 50.8 Å². The number of methoxy groups -OCH3 is 1. The summed E-state index contributed by atoms with van der Waals surface area (Å²) in [6.07, 6.45) is -10.5.